The van der Waals surface area contributed by atoms with Crippen molar-refractivity contribution in [2.24, 2.45) is 5.92 Å². The molecule has 1 aromatic rings. The van der Waals surface area contributed by atoms with E-state index in [4.69, 9.17) is 0 Å². The lowest BCUT2D eigenvalue weighted by Crippen LogP contribution is -2.35. The minimum atomic E-state index is -0.0185. The summed E-state index contributed by atoms with van der Waals surface area (Å²) in [7, 11) is 0. The lowest BCUT2D eigenvalue weighted by atomic mass is 9.99. The van der Waals surface area contributed by atoms with Crippen LogP contribution in [0.3, 0.4) is 0 Å². The van der Waals surface area contributed by atoms with Crippen LogP contribution in [0.5, 0.6) is 0 Å². The van der Waals surface area contributed by atoms with Crippen LogP contribution < -0.4 is 10.6 Å². The van der Waals surface area contributed by atoms with Crippen LogP contribution >= 0.6 is 0 Å². The SMILES string of the molecule is CC1CCN(Cc2ccc(NC(=O)[C@@H]3CCCN3)cc2)CC1. The number of likely N-dealkylation sites (tertiary alicyclic amines) is 1. The Kier molecular flexibility index (Phi) is 5.11. The van der Waals surface area contributed by atoms with Gasteiger partial charge in [0.25, 0.3) is 0 Å². The number of carbonyl (C=O) groups excluding carboxylic acids is 1. The van der Waals surface area contributed by atoms with Crippen molar-refractivity contribution < 1.29 is 4.79 Å². The second-order valence-electron chi connectivity index (χ2n) is 6.79. The first-order chi connectivity index (χ1) is 10.7. The summed E-state index contributed by atoms with van der Waals surface area (Å²) in [4.78, 5) is 14.6. The molecule has 22 heavy (non-hydrogen) atoms. The van der Waals surface area contributed by atoms with Gasteiger partial charge in [-0.3, -0.25) is 9.69 Å². The molecule has 0 aromatic heterocycles. The fraction of sp³-hybridized carbons (Fsp3) is 0.611. The first-order valence-corrected chi connectivity index (χ1v) is 8.56. The summed E-state index contributed by atoms with van der Waals surface area (Å²) in [6.45, 7) is 6.71. The van der Waals surface area contributed by atoms with E-state index in [0.717, 1.165) is 37.5 Å². The zero-order valence-corrected chi connectivity index (χ0v) is 13.5. The highest BCUT2D eigenvalue weighted by atomic mass is 16.2. The van der Waals surface area contributed by atoms with E-state index in [2.05, 4.69) is 34.6 Å². The van der Waals surface area contributed by atoms with Crippen LogP contribution in [0.1, 0.15) is 38.2 Å². The summed E-state index contributed by atoms with van der Waals surface area (Å²) in [6.07, 6.45) is 4.65. The average molecular weight is 301 g/mol. The van der Waals surface area contributed by atoms with Gasteiger partial charge in [-0.1, -0.05) is 19.1 Å². The molecule has 4 heteroatoms. The number of anilines is 1. The Bertz CT molecular complexity index is 486. The summed E-state index contributed by atoms with van der Waals surface area (Å²) in [5, 5.41) is 6.23. The van der Waals surface area contributed by atoms with E-state index in [0.29, 0.717) is 0 Å². The van der Waals surface area contributed by atoms with Crippen LogP contribution in [0.2, 0.25) is 0 Å². The molecule has 0 aliphatic carbocycles. The molecule has 1 aromatic carbocycles. The summed E-state index contributed by atoms with van der Waals surface area (Å²) >= 11 is 0. The third kappa shape index (κ3) is 4.08. The molecule has 1 amide bonds. The Morgan fingerprint density at radius 1 is 1.23 bits per heavy atom. The molecular weight excluding hydrogens is 274 g/mol. The van der Waals surface area contributed by atoms with Gasteiger partial charge in [-0.05, 0) is 68.9 Å². The van der Waals surface area contributed by atoms with E-state index < -0.39 is 0 Å². The second-order valence-corrected chi connectivity index (χ2v) is 6.79. The number of carbonyl (C=O) groups is 1. The van der Waals surface area contributed by atoms with Gasteiger partial charge in [0, 0.05) is 12.2 Å². The highest BCUT2D eigenvalue weighted by Crippen LogP contribution is 2.19. The van der Waals surface area contributed by atoms with Gasteiger partial charge in [0.05, 0.1) is 6.04 Å². The Morgan fingerprint density at radius 2 is 1.95 bits per heavy atom. The molecule has 0 bridgehead atoms. The van der Waals surface area contributed by atoms with Gasteiger partial charge < -0.3 is 10.6 Å². The summed E-state index contributed by atoms with van der Waals surface area (Å²) in [6, 6.07) is 8.30. The number of piperidine rings is 1. The summed E-state index contributed by atoms with van der Waals surface area (Å²) < 4.78 is 0. The highest BCUT2D eigenvalue weighted by molar-refractivity contribution is 5.95. The van der Waals surface area contributed by atoms with Gasteiger partial charge in [-0.15, -0.1) is 0 Å². The van der Waals surface area contributed by atoms with E-state index >= 15 is 0 Å². The smallest absolute Gasteiger partial charge is 0.241 e. The quantitative estimate of drug-likeness (QED) is 0.898. The van der Waals surface area contributed by atoms with Gasteiger partial charge in [-0.2, -0.15) is 0 Å². The minimum Gasteiger partial charge on any atom is -0.325 e. The van der Waals surface area contributed by atoms with Crippen molar-refractivity contribution in [3.05, 3.63) is 29.8 Å². The Balaban J connectivity index is 1.50. The molecule has 2 heterocycles. The van der Waals surface area contributed by atoms with Crippen LogP contribution in [0, 0.1) is 5.92 Å². The van der Waals surface area contributed by atoms with Crippen molar-refractivity contribution in [1.29, 1.82) is 0 Å². The van der Waals surface area contributed by atoms with Gasteiger partial charge in [0.15, 0.2) is 0 Å². The number of nitrogens with one attached hydrogen (secondary N) is 2. The molecule has 0 unspecified atom stereocenters. The molecule has 120 valence electrons. The maximum Gasteiger partial charge on any atom is 0.241 e. The lowest BCUT2D eigenvalue weighted by molar-refractivity contribution is -0.117. The van der Waals surface area contributed by atoms with E-state index in [1.54, 1.807) is 0 Å². The van der Waals surface area contributed by atoms with Gasteiger partial charge in [-0.25, -0.2) is 0 Å². The average Bonchev–Trinajstić information content (AvgIpc) is 3.06. The Hall–Kier alpha value is -1.39. The van der Waals surface area contributed by atoms with Crippen molar-refractivity contribution in [2.45, 2.75) is 45.2 Å². The molecule has 0 spiro atoms. The van der Waals surface area contributed by atoms with Gasteiger partial charge >= 0.3 is 0 Å². The molecule has 3 rings (SSSR count). The number of benzene rings is 1. The van der Waals surface area contributed by atoms with Crippen LogP contribution in [0.4, 0.5) is 5.69 Å². The second kappa shape index (κ2) is 7.25. The van der Waals surface area contributed by atoms with Crippen LogP contribution in [0.25, 0.3) is 0 Å². The molecule has 2 aliphatic heterocycles. The van der Waals surface area contributed by atoms with Crippen molar-refractivity contribution in [2.75, 3.05) is 25.0 Å². The molecule has 0 saturated carbocycles. The van der Waals surface area contributed by atoms with Crippen molar-refractivity contribution in [1.82, 2.24) is 10.2 Å². The largest absolute Gasteiger partial charge is 0.325 e. The molecule has 2 N–H and O–H groups in total. The molecule has 0 radical (unpaired) electrons. The highest BCUT2D eigenvalue weighted by Gasteiger charge is 2.21. The topological polar surface area (TPSA) is 44.4 Å². The summed E-state index contributed by atoms with van der Waals surface area (Å²) in [5.41, 5.74) is 2.22. The van der Waals surface area contributed by atoms with Gasteiger partial charge in [0.2, 0.25) is 5.91 Å². The number of rotatable bonds is 4. The van der Waals surface area contributed by atoms with E-state index in [-0.39, 0.29) is 11.9 Å². The van der Waals surface area contributed by atoms with E-state index in [1.165, 1.54) is 31.5 Å². The van der Waals surface area contributed by atoms with E-state index in [1.807, 2.05) is 12.1 Å². The molecule has 4 nitrogen and oxygen atoms in total. The first kappa shape index (κ1) is 15.5. The Labute approximate surface area is 133 Å². The summed E-state index contributed by atoms with van der Waals surface area (Å²) in [5.74, 6) is 0.966. The van der Waals surface area contributed by atoms with Crippen LogP contribution in [0.15, 0.2) is 24.3 Å². The van der Waals surface area contributed by atoms with Crippen LogP contribution in [-0.4, -0.2) is 36.5 Å². The fourth-order valence-corrected chi connectivity index (χ4v) is 3.31. The molecule has 2 fully saturated rings. The van der Waals surface area contributed by atoms with Crippen LogP contribution in [-0.2, 0) is 11.3 Å². The lowest BCUT2D eigenvalue weighted by Gasteiger charge is -2.30. The molecule has 2 saturated heterocycles. The minimum absolute atomic E-state index is 0.0185. The zero-order valence-electron chi connectivity index (χ0n) is 13.5. The fourth-order valence-electron chi connectivity index (χ4n) is 3.31. The maximum atomic E-state index is 12.1. The first-order valence-electron chi connectivity index (χ1n) is 8.56. The van der Waals surface area contributed by atoms with Crippen molar-refractivity contribution in [3.63, 3.8) is 0 Å². The number of hydrogen-bond acceptors (Lipinski definition) is 3. The van der Waals surface area contributed by atoms with E-state index in [9.17, 15) is 4.79 Å². The number of hydrogen-bond donors (Lipinski definition) is 2. The normalized spacial score (nSPS) is 23.6. The standard InChI is InChI=1S/C18H27N3O/c1-14-8-11-21(12-9-14)13-15-4-6-16(7-5-15)20-18(22)17-3-2-10-19-17/h4-7,14,17,19H,2-3,8-13H2,1H3,(H,20,22)/t17-/m0/s1. The number of amides is 1. The maximum absolute atomic E-state index is 12.1. The zero-order chi connectivity index (χ0) is 15.4. The van der Waals surface area contributed by atoms with Crippen molar-refractivity contribution >= 4 is 11.6 Å². The third-order valence-corrected chi connectivity index (χ3v) is 4.88. The monoisotopic (exact) mass is 301 g/mol. The van der Waals surface area contributed by atoms with Crippen molar-refractivity contribution in [3.8, 4) is 0 Å². The molecule has 2 aliphatic rings. The Morgan fingerprint density at radius 3 is 2.59 bits per heavy atom. The number of nitrogens with zero attached hydrogens (tertiary/aromatic N) is 1. The third-order valence-electron chi connectivity index (χ3n) is 4.88. The predicted octanol–water partition coefficient (Wildman–Crippen LogP) is 2.61. The predicted molar refractivity (Wildman–Crippen MR) is 89.8 cm³/mol. The molecular formula is C18H27N3O. The van der Waals surface area contributed by atoms with Gasteiger partial charge in [0.1, 0.15) is 0 Å². The molecule has 1 atom stereocenters.